The Labute approximate surface area is 108 Å². The van der Waals surface area contributed by atoms with Crippen molar-refractivity contribution < 1.29 is 4.42 Å². The van der Waals surface area contributed by atoms with Crippen LogP contribution in [0.4, 0.5) is 0 Å². The summed E-state index contributed by atoms with van der Waals surface area (Å²) in [6.07, 6.45) is 1.64. The van der Waals surface area contributed by atoms with Gasteiger partial charge in [-0.3, -0.25) is 0 Å². The fraction of sp³-hybridized carbons (Fsp3) is 0.167. The lowest BCUT2D eigenvalue weighted by atomic mass is 10.1. The van der Waals surface area contributed by atoms with Gasteiger partial charge in [0.15, 0.2) is 0 Å². The van der Waals surface area contributed by atoms with Crippen molar-refractivity contribution in [2.45, 2.75) is 6.54 Å². The quantitative estimate of drug-likeness (QED) is 0.924. The van der Waals surface area contributed by atoms with Crippen LogP contribution in [0.15, 0.2) is 39.4 Å². The van der Waals surface area contributed by atoms with Crippen LogP contribution >= 0.6 is 27.5 Å². The number of benzene rings is 1. The van der Waals surface area contributed by atoms with Gasteiger partial charge in [-0.1, -0.05) is 17.7 Å². The van der Waals surface area contributed by atoms with Crippen LogP contribution in [0.1, 0.15) is 5.56 Å². The van der Waals surface area contributed by atoms with Crippen LogP contribution in [-0.2, 0) is 6.54 Å². The van der Waals surface area contributed by atoms with Crippen molar-refractivity contribution in [3.05, 3.63) is 45.6 Å². The van der Waals surface area contributed by atoms with Crippen molar-refractivity contribution in [2.75, 3.05) is 7.05 Å². The fourth-order valence-electron chi connectivity index (χ4n) is 1.54. The number of hydrogen-bond acceptors (Lipinski definition) is 2. The highest BCUT2D eigenvalue weighted by molar-refractivity contribution is 9.10. The van der Waals surface area contributed by atoms with E-state index in [-0.39, 0.29) is 0 Å². The molecule has 0 radical (unpaired) electrons. The van der Waals surface area contributed by atoms with Crippen molar-refractivity contribution in [1.82, 2.24) is 5.32 Å². The number of halogens is 2. The molecule has 0 fully saturated rings. The molecular weight excluding hydrogens is 289 g/mol. The summed E-state index contributed by atoms with van der Waals surface area (Å²) < 4.78 is 6.30. The summed E-state index contributed by atoms with van der Waals surface area (Å²) in [5, 5.41) is 3.78. The average molecular weight is 301 g/mol. The summed E-state index contributed by atoms with van der Waals surface area (Å²) in [4.78, 5) is 0. The van der Waals surface area contributed by atoms with Crippen molar-refractivity contribution in [1.29, 1.82) is 0 Å². The molecule has 2 rings (SSSR count). The summed E-state index contributed by atoms with van der Waals surface area (Å²) in [6, 6.07) is 7.81. The normalized spacial score (nSPS) is 10.7. The zero-order valence-corrected chi connectivity index (χ0v) is 11.1. The molecule has 0 aliphatic heterocycles. The molecule has 0 amide bonds. The molecule has 4 heteroatoms. The van der Waals surface area contributed by atoms with Gasteiger partial charge >= 0.3 is 0 Å². The Hall–Kier alpha value is -0.770. The highest BCUT2D eigenvalue weighted by Gasteiger charge is 2.10. The zero-order chi connectivity index (χ0) is 11.5. The van der Waals surface area contributed by atoms with Crippen LogP contribution in [-0.4, -0.2) is 7.05 Å². The molecule has 1 aromatic heterocycles. The van der Waals surface area contributed by atoms with E-state index >= 15 is 0 Å². The van der Waals surface area contributed by atoms with Crippen molar-refractivity contribution >= 4 is 27.5 Å². The zero-order valence-electron chi connectivity index (χ0n) is 8.76. The second-order valence-electron chi connectivity index (χ2n) is 3.44. The van der Waals surface area contributed by atoms with Crippen molar-refractivity contribution in [2.24, 2.45) is 0 Å². The standard InChI is InChI=1S/C12H11BrClNO/c1-15-7-8-2-3-9(11(14)6-8)12-10(13)4-5-16-12/h2-6,15H,7H2,1H3. The monoisotopic (exact) mass is 299 g/mol. The largest absolute Gasteiger partial charge is 0.463 e. The second kappa shape index (κ2) is 5.04. The molecule has 0 aliphatic carbocycles. The third kappa shape index (κ3) is 2.32. The summed E-state index contributed by atoms with van der Waals surface area (Å²) in [7, 11) is 1.91. The molecule has 16 heavy (non-hydrogen) atoms. The third-order valence-electron chi connectivity index (χ3n) is 2.28. The van der Waals surface area contributed by atoms with Crippen LogP contribution in [0, 0.1) is 0 Å². The first-order valence-corrected chi connectivity index (χ1v) is 6.06. The molecule has 0 atom stereocenters. The first kappa shape index (κ1) is 11.7. The molecule has 0 spiro atoms. The minimum absolute atomic E-state index is 0.698. The van der Waals surface area contributed by atoms with Crippen LogP contribution in [0.5, 0.6) is 0 Å². The highest BCUT2D eigenvalue weighted by atomic mass is 79.9. The van der Waals surface area contributed by atoms with Crippen molar-refractivity contribution in [3.63, 3.8) is 0 Å². The fourth-order valence-corrected chi connectivity index (χ4v) is 2.25. The van der Waals surface area contributed by atoms with Crippen LogP contribution in [0.3, 0.4) is 0 Å². The van der Waals surface area contributed by atoms with Gasteiger partial charge in [0, 0.05) is 12.1 Å². The SMILES string of the molecule is CNCc1ccc(-c2occc2Br)c(Cl)c1. The Morgan fingerprint density at radius 3 is 2.75 bits per heavy atom. The van der Waals surface area contributed by atoms with E-state index in [0.29, 0.717) is 5.02 Å². The van der Waals surface area contributed by atoms with E-state index in [1.54, 1.807) is 6.26 Å². The van der Waals surface area contributed by atoms with Gasteiger partial charge in [0.1, 0.15) is 5.76 Å². The number of hydrogen-bond donors (Lipinski definition) is 1. The van der Waals surface area contributed by atoms with Gasteiger partial charge in [-0.25, -0.2) is 0 Å². The summed E-state index contributed by atoms with van der Waals surface area (Å²) in [5.74, 6) is 0.765. The lowest BCUT2D eigenvalue weighted by Crippen LogP contribution is -2.04. The van der Waals surface area contributed by atoms with E-state index in [1.807, 2.05) is 31.3 Å². The summed E-state index contributed by atoms with van der Waals surface area (Å²) in [6.45, 7) is 0.805. The van der Waals surface area contributed by atoms with Crippen LogP contribution < -0.4 is 5.32 Å². The number of nitrogens with one attached hydrogen (secondary N) is 1. The Kier molecular flexibility index (Phi) is 3.69. The van der Waals surface area contributed by atoms with Gasteiger partial charge in [0.05, 0.1) is 15.8 Å². The van der Waals surface area contributed by atoms with E-state index in [0.717, 1.165) is 27.9 Å². The lowest BCUT2D eigenvalue weighted by Gasteiger charge is -2.05. The van der Waals surface area contributed by atoms with Crippen LogP contribution in [0.2, 0.25) is 5.02 Å². The maximum atomic E-state index is 6.22. The van der Waals surface area contributed by atoms with E-state index in [2.05, 4.69) is 21.2 Å². The number of furan rings is 1. The molecule has 0 bridgehead atoms. The minimum Gasteiger partial charge on any atom is -0.463 e. The molecular formula is C12H11BrClNO. The molecule has 0 saturated carbocycles. The highest BCUT2D eigenvalue weighted by Crippen LogP contribution is 2.34. The van der Waals surface area contributed by atoms with Crippen molar-refractivity contribution in [3.8, 4) is 11.3 Å². The molecule has 0 aliphatic rings. The van der Waals surface area contributed by atoms with E-state index in [4.69, 9.17) is 16.0 Å². The first-order chi connectivity index (χ1) is 7.72. The van der Waals surface area contributed by atoms with Gasteiger partial charge in [-0.2, -0.15) is 0 Å². The second-order valence-corrected chi connectivity index (χ2v) is 4.70. The Morgan fingerprint density at radius 2 is 2.19 bits per heavy atom. The number of rotatable bonds is 3. The molecule has 0 saturated heterocycles. The minimum atomic E-state index is 0.698. The topological polar surface area (TPSA) is 25.2 Å². The smallest absolute Gasteiger partial charge is 0.149 e. The maximum absolute atomic E-state index is 6.22. The van der Waals surface area contributed by atoms with E-state index in [1.165, 1.54) is 0 Å². The summed E-state index contributed by atoms with van der Waals surface area (Å²) >= 11 is 9.64. The molecule has 2 nitrogen and oxygen atoms in total. The van der Waals surface area contributed by atoms with E-state index in [9.17, 15) is 0 Å². The van der Waals surface area contributed by atoms with E-state index < -0.39 is 0 Å². The third-order valence-corrected chi connectivity index (χ3v) is 3.21. The Morgan fingerprint density at radius 1 is 1.38 bits per heavy atom. The van der Waals surface area contributed by atoms with Gasteiger partial charge in [0.25, 0.3) is 0 Å². The molecule has 0 unspecified atom stereocenters. The Balaban J connectivity index is 2.40. The summed E-state index contributed by atoms with van der Waals surface area (Å²) in [5.41, 5.74) is 2.05. The lowest BCUT2D eigenvalue weighted by molar-refractivity contribution is 0.581. The van der Waals surface area contributed by atoms with Gasteiger partial charge in [-0.05, 0) is 46.7 Å². The Bertz CT molecular complexity index is 496. The molecule has 1 N–H and O–H groups in total. The molecule has 1 heterocycles. The first-order valence-electron chi connectivity index (χ1n) is 4.88. The maximum Gasteiger partial charge on any atom is 0.149 e. The molecule has 1 aromatic carbocycles. The van der Waals surface area contributed by atoms with Crippen LogP contribution in [0.25, 0.3) is 11.3 Å². The van der Waals surface area contributed by atoms with Gasteiger partial charge in [0.2, 0.25) is 0 Å². The molecule has 84 valence electrons. The van der Waals surface area contributed by atoms with Gasteiger partial charge in [-0.15, -0.1) is 0 Å². The predicted molar refractivity (Wildman–Crippen MR) is 69.6 cm³/mol. The average Bonchev–Trinajstić information content (AvgIpc) is 2.65. The predicted octanol–water partition coefficient (Wildman–Crippen LogP) is 4.08. The molecule has 2 aromatic rings. The van der Waals surface area contributed by atoms with Gasteiger partial charge < -0.3 is 9.73 Å².